The molecule has 5 aliphatic rings. The molecular formula is C35H34FN2S3+. The van der Waals surface area contributed by atoms with Crippen molar-refractivity contribution in [3.8, 4) is 0 Å². The van der Waals surface area contributed by atoms with Crippen LogP contribution in [0.3, 0.4) is 0 Å². The van der Waals surface area contributed by atoms with Gasteiger partial charge in [-0.05, 0) is 109 Å². The van der Waals surface area contributed by atoms with E-state index in [-0.39, 0.29) is 5.82 Å². The Labute approximate surface area is 254 Å². The molecule has 3 unspecified atom stereocenters. The molecule has 8 rings (SSSR count). The van der Waals surface area contributed by atoms with Crippen LogP contribution in [0.4, 0.5) is 15.8 Å². The Hall–Kier alpha value is -2.38. The summed E-state index contributed by atoms with van der Waals surface area (Å²) in [6.07, 6.45) is 18.9. The Morgan fingerprint density at radius 3 is 2.76 bits per heavy atom. The number of halogens is 1. The van der Waals surface area contributed by atoms with Crippen molar-refractivity contribution in [3.63, 3.8) is 0 Å². The number of nitrogens with zero attached hydrogens (tertiary/aromatic N) is 1. The highest BCUT2D eigenvalue weighted by Gasteiger charge is 2.35. The zero-order valence-corrected chi connectivity index (χ0v) is 26.0. The first-order chi connectivity index (χ1) is 20.1. The number of nitrogens with one attached hydrogen (secondary N) is 1. The number of aryl methyl sites for hydroxylation is 1. The molecule has 6 heteroatoms. The minimum Gasteiger partial charge on any atom is -0.335 e. The van der Waals surface area contributed by atoms with E-state index in [0.29, 0.717) is 11.3 Å². The van der Waals surface area contributed by atoms with Gasteiger partial charge in [-0.2, -0.15) is 0 Å². The van der Waals surface area contributed by atoms with Crippen LogP contribution in [0.15, 0.2) is 103 Å². The van der Waals surface area contributed by atoms with Crippen molar-refractivity contribution in [3.05, 3.63) is 99.9 Å². The summed E-state index contributed by atoms with van der Waals surface area (Å²) in [6.45, 7) is 1.03. The van der Waals surface area contributed by atoms with Crippen molar-refractivity contribution in [2.75, 3.05) is 24.7 Å². The van der Waals surface area contributed by atoms with Crippen LogP contribution in [0.5, 0.6) is 0 Å². The van der Waals surface area contributed by atoms with Crippen LogP contribution < -0.4 is 9.80 Å². The predicted octanol–water partition coefficient (Wildman–Crippen LogP) is 8.66. The summed E-state index contributed by atoms with van der Waals surface area (Å²) in [7, 11) is 2.34. The third-order valence-corrected chi connectivity index (χ3v) is 12.6. The van der Waals surface area contributed by atoms with Crippen molar-refractivity contribution < 1.29 is 9.29 Å². The average Bonchev–Trinajstić information content (AvgIpc) is 3.49. The molecule has 3 aromatic carbocycles. The fraction of sp³-hybridized carbons (Fsp3) is 0.314. The molecule has 208 valence electrons. The van der Waals surface area contributed by atoms with Crippen molar-refractivity contribution in [1.82, 2.24) is 0 Å². The maximum absolute atomic E-state index is 14.2. The van der Waals surface area contributed by atoms with Gasteiger partial charge in [-0.25, -0.2) is 4.39 Å². The molecule has 0 aromatic heterocycles. The number of benzene rings is 3. The Bertz CT molecular complexity index is 1720. The Morgan fingerprint density at radius 2 is 1.88 bits per heavy atom. The number of quaternary nitrogens is 1. The molecule has 3 atom stereocenters. The lowest BCUT2D eigenvalue weighted by Crippen LogP contribution is -3.06. The van der Waals surface area contributed by atoms with E-state index in [0.717, 1.165) is 30.7 Å². The molecule has 3 aromatic rings. The molecule has 0 saturated carbocycles. The summed E-state index contributed by atoms with van der Waals surface area (Å²) in [6, 6.07) is 14.8. The number of hydrogen-bond acceptors (Lipinski definition) is 4. The summed E-state index contributed by atoms with van der Waals surface area (Å²) in [5.74, 6) is 0.569. The Kier molecular flexibility index (Phi) is 6.67. The molecule has 3 heterocycles. The van der Waals surface area contributed by atoms with Gasteiger partial charge in [0.2, 0.25) is 0 Å². The zero-order valence-electron chi connectivity index (χ0n) is 23.5. The van der Waals surface area contributed by atoms with Crippen molar-refractivity contribution in [2.24, 2.45) is 5.92 Å². The van der Waals surface area contributed by atoms with Crippen LogP contribution in [-0.2, 0) is 6.42 Å². The molecule has 0 fully saturated rings. The summed E-state index contributed by atoms with van der Waals surface area (Å²) in [5.41, 5.74) is 8.27. The van der Waals surface area contributed by atoms with E-state index < -0.39 is 0 Å². The first-order valence-electron chi connectivity index (χ1n) is 14.8. The highest BCUT2D eigenvalue weighted by Crippen LogP contribution is 2.51. The summed E-state index contributed by atoms with van der Waals surface area (Å²) >= 11 is 5.62. The molecular weight excluding hydrogens is 564 g/mol. The first kappa shape index (κ1) is 26.3. The quantitative estimate of drug-likeness (QED) is 0.302. The maximum Gasteiger partial charge on any atom is 0.163 e. The average molecular weight is 598 g/mol. The summed E-state index contributed by atoms with van der Waals surface area (Å²) in [5, 5.41) is 4.43. The molecule has 2 nitrogen and oxygen atoms in total. The van der Waals surface area contributed by atoms with Gasteiger partial charge in [0.25, 0.3) is 0 Å². The first-order valence-corrected chi connectivity index (χ1v) is 17.7. The number of likely N-dealkylation sites (N-methyl/N-ethyl adjacent to an activating group) is 1. The lowest BCUT2D eigenvalue weighted by atomic mass is 9.77. The van der Waals surface area contributed by atoms with Crippen LogP contribution >= 0.6 is 35.3 Å². The lowest BCUT2D eigenvalue weighted by Gasteiger charge is -2.30. The van der Waals surface area contributed by atoms with Gasteiger partial charge >= 0.3 is 0 Å². The van der Waals surface area contributed by atoms with Gasteiger partial charge < -0.3 is 4.90 Å². The number of thioether (sulfide) groups is 3. The van der Waals surface area contributed by atoms with Crippen molar-refractivity contribution >= 4 is 57.4 Å². The van der Waals surface area contributed by atoms with Gasteiger partial charge in [0.15, 0.2) is 11.1 Å². The molecule has 3 aliphatic heterocycles. The lowest BCUT2D eigenvalue weighted by molar-refractivity contribution is -0.811. The minimum atomic E-state index is -0.102. The molecule has 0 radical (unpaired) electrons. The molecule has 0 bridgehead atoms. The van der Waals surface area contributed by atoms with E-state index in [4.69, 9.17) is 0 Å². The highest BCUT2D eigenvalue weighted by atomic mass is 32.2. The molecule has 41 heavy (non-hydrogen) atoms. The van der Waals surface area contributed by atoms with E-state index in [2.05, 4.69) is 72.8 Å². The fourth-order valence-corrected chi connectivity index (χ4v) is 10.7. The number of allylic oxidation sites excluding steroid dienone is 6. The summed E-state index contributed by atoms with van der Waals surface area (Å²) < 4.78 is 14.2. The summed E-state index contributed by atoms with van der Waals surface area (Å²) in [4.78, 5) is 7.81. The minimum absolute atomic E-state index is 0.102. The molecule has 0 saturated heterocycles. The van der Waals surface area contributed by atoms with Crippen molar-refractivity contribution in [1.29, 1.82) is 0 Å². The predicted molar refractivity (Wildman–Crippen MR) is 174 cm³/mol. The molecule has 0 spiro atoms. The Balaban J connectivity index is 1.08. The second kappa shape index (κ2) is 10.4. The van der Waals surface area contributed by atoms with Crippen LogP contribution in [0, 0.1) is 11.7 Å². The zero-order chi connectivity index (χ0) is 27.7. The van der Waals surface area contributed by atoms with E-state index in [9.17, 15) is 4.39 Å². The van der Waals surface area contributed by atoms with E-state index in [1.807, 2.05) is 23.5 Å². The van der Waals surface area contributed by atoms with Crippen LogP contribution in [0.25, 0.3) is 10.8 Å². The third-order valence-electron chi connectivity index (χ3n) is 9.38. The molecule has 1 N–H and O–H groups in total. The standard InChI is InChI=1S/C35H33FN2S3/c1-37-32(40-31-20-29(39-2)27-7-3-4-8-28(27)35(31)37)16-21-9-11-23-12-10-22(15-25(23)14-21)17-33-38-13-5-6-24-18-26(36)19-30(41-33)34(24)38/h3-4,7-8,14-20,23,32H,5-6,9-13H2,1-2H3/p+1/b21-16+,33-17-. The second-order valence-corrected chi connectivity index (χ2v) is 14.9. The number of anilines is 1. The van der Waals surface area contributed by atoms with Crippen LogP contribution in [0.2, 0.25) is 0 Å². The number of hydrogen-bond donors (Lipinski definition) is 1. The van der Waals surface area contributed by atoms with E-state index in [1.54, 1.807) is 23.9 Å². The fourth-order valence-electron chi connectivity index (χ4n) is 7.36. The topological polar surface area (TPSA) is 7.68 Å². The smallest absolute Gasteiger partial charge is 0.163 e. The van der Waals surface area contributed by atoms with Crippen LogP contribution in [-0.4, -0.2) is 25.2 Å². The molecule has 0 amide bonds. The van der Waals surface area contributed by atoms with Crippen molar-refractivity contribution in [2.45, 2.75) is 58.6 Å². The van der Waals surface area contributed by atoms with Gasteiger partial charge in [0.05, 0.1) is 22.7 Å². The largest absolute Gasteiger partial charge is 0.335 e. The van der Waals surface area contributed by atoms with Crippen LogP contribution in [0.1, 0.15) is 37.7 Å². The normalized spacial score (nSPS) is 26.7. The van der Waals surface area contributed by atoms with Gasteiger partial charge in [-0.1, -0.05) is 53.9 Å². The second-order valence-electron chi connectivity index (χ2n) is 11.8. The third kappa shape index (κ3) is 4.53. The SMILES string of the molecule is CSc1cc2c(c3ccccc13)[NH+](C)C(/C=C1/C=C3C=C(/C=C4\Sc5cc(F)cc6c5N4CCC6)CCC3CC1)S2. The Morgan fingerprint density at radius 1 is 1.02 bits per heavy atom. The van der Waals surface area contributed by atoms with Gasteiger partial charge in [0.1, 0.15) is 5.82 Å². The monoisotopic (exact) mass is 597 g/mol. The van der Waals surface area contributed by atoms with Gasteiger partial charge in [-0.15, -0.1) is 11.8 Å². The highest BCUT2D eigenvalue weighted by molar-refractivity contribution is 8.03. The molecule has 2 aliphatic carbocycles. The van der Waals surface area contributed by atoms with Gasteiger partial charge in [-0.3, -0.25) is 4.90 Å². The van der Waals surface area contributed by atoms with E-state index in [1.165, 1.54) is 83.4 Å². The maximum atomic E-state index is 14.2. The number of rotatable bonds is 3. The van der Waals surface area contributed by atoms with Gasteiger partial charge in [0, 0.05) is 27.1 Å². The van der Waals surface area contributed by atoms with E-state index >= 15 is 0 Å². The number of fused-ring (bicyclic) bond motifs is 4.